The van der Waals surface area contributed by atoms with E-state index in [1.54, 1.807) is 13.2 Å². The molecule has 0 fully saturated rings. The Morgan fingerprint density at radius 2 is 2.33 bits per heavy atom. The molecule has 94 valence electrons. The predicted octanol–water partition coefficient (Wildman–Crippen LogP) is 3.36. The molecule has 2 rings (SSSR count). The SMILES string of the molecule is COc1cc(Nc2scnc2C(=O)O)ccc1Br. The van der Waals surface area contributed by atoms with Crippen molar-refractivity contribution >= 4 is 43.9 Å². The number of aromatic nitrogens is 1. The number of hydrogen-bond donors (Lipinski definition) is 2. The van der Waals surface area contributed by atoms with Gasteiger partial charge in [0.1, 0.15) is 10.8 Å². The number of benzene rings is 1. The monoisotopic (exact) mass is 328 g/mol. The quantitative estimate of drug-likeness (QED) is 0.900. The Balaban J connectivity index is 2.28. The molecule has 7 heteroatoms. The number of carboxylic acids is 1. The van der Waals surface area contributed by atoms with Crippen LogP contribution in [0.4, 0.5) is 10.7 Å². The van der Waals surface area contributed by atoms with E-state index in [-0.39, 0.29) is 5.69 Å². The number of methoxy groups -OCH3 is 1. The first-order chi connectivity index (χ1) is 8.61. The molecule has 18 heavy (non-hydrogen) atoms. The molecule has 1 aromatic carbocycles. The molecule has 0 bridgehead atoms. The summed E-state index contributed by atoms with van der Waals surface area (Å²) in [5.41, 5.74) is 2.24. The molecule has 1 aromatic heterocycles. The third-order valence-electron chi connectivity index (χ3n) is 2.18. The first-order valence-electron chi connectivity index (χ1n) is 4.89. The van der Waals surface area contributed by atoms with Crippen molar-refractivity contribution in [2.24, 2.45) is 0 Å². The predicted molar refractivity (Wildman–Crippen MR) is 73.1 cm³/mol. The molecule has 0 aliphatic rings. The largest absolute Gasteiger partial charge is 0.495 e. The Hall–Kier alpha value is -1.60. The number of thiazole rings is 1. The van der Waals surface area contributed by atoms with Gasteiger partial charge < -0.3 is 15.2 Å². The van der Waals surface area contributed by atoms with Gasteiger partial charge in [-0.15, -0.1) is 11.3 Å². The van der Waals surface area contributed by atoms with Crippen LogP contribution in [0.1, 0.15) is 10.5 Å². The Morgan fingerprint density at radius 1 is 1.56 bits per heavy atom. The van der Waals surface area contributed by atoms with E-state index in [9.17, 15) is 4.79 Å². The van der Waals surface area contributed by atoms with Gasteiger partial charge in [-0.25, -0.2) is 9.78 Å². The molecule has 5 nitrogen and oxygen atoms in total. The Kier molecular flexibility index (Phi) is 3.83. The van der Waals surface area contributed by atoms with E-state index >= 15 is 0 Å². The van der Waals surface area contributed by atoms with Gasteiger partial charge in [0.2, 0.25) is 0 Å². The molecule has 0 unspecified atom stereocenters. The molecule has 2 aromatic rings. The van der Waals surface area contributed by atoms with Gasteiger partial charge in [0.05, 0.1) is 17.1 Å². The zero-order chi connectivity index (χ0) is 13.1. The van der Waals surface area contributed by atoms with Crippen LogP contribution >= 0.6 is 27.3 Å². The second-order valence-corrected chi connectivity index (χ2v) is 5.02. The zero-order valence-electron chi connectivity index (χ0n) is 9.31. The molecule has 0 saturated heterocycles. The molecule has 2 N–H and O–H groups in total. The number of anilines is 2. The van der Waals surface area contributed by atoms with E-state index in [0.29, 0.717) is 10.8 Å². The van der Waals surface area contributed by atoms with Gasteiger partial charge >= 0.3 is 5.97 Å². The second kappa shape index (κ2) is 5.36. The van der Waals surface area contributed by atoms with Crippen molar-refractivity contribution in [1.82, 2.24) is 4.98 Å². The smallest absolute Gasteiger partial charge is 0.357 e. The summed E-state index contributed by atoms with van der Waals surface area (Å²) in [6, 6.07) is 5.41. The number of nitrogens with one attached hydrogen (secondary N) is 1. The number of rotatable bonds is 4. The van der Waals surface area contributed by atoms with Crippen LogP contribution in [0, 0.1) is 0 Å². The standard InChI is InChI=1S/C11H9BrN2O3S/c1-17-8-4-6(2-3-7(8)12)14-10-9(11(15)16)13-5-18-10/h2-5,14H,1H3,(H,15,16). The van der Waals surface area contributed by atoms with Gasteiger partial charge in [-0.3, -0.25) is 0 Å². The van der Waals surface area contributed by atoms with Crippen molar-refractivity contribution in [2.45, 2.75) is 0 Å². The Morgan fingerprint density at radius 3 is 3.00 bits per heavy atom. The van der Waals surface area contributed by atoms with Crippen LogP contribution in [0.3, 0.4) is 0 Å². The molecule has 0 radical (unpaired) electrons. The maximum atomic E-state index is 10.9. The molecule has 0 atom stereocenters. The number of carboxylic acid groups (broad SMARTS) is 1. The number of carbonyl (C=O) groups is 1. The van der Waals surface area contributed by atoms with Gasteiger partial charge in [-0.2, -0.15) is 0 Å². The third kappa shape index (κ3) is 2.62. The summed E-state index contributed by atoms with van der Waals surface area (Å²) < 4.78 is 6.00. The average Bonchev–Trinajstić information content (AvgIpc) is 2.80. The van der Waals surface area contributed by atoms with Crippen molar-refractivity contribution in [3.63, 3.8) is 0 Å². The normalized spacial score (nSPS) is 10.1. The van der Waals surface area contributed by atoms with Crippen molar-refractivity contribution < 1.29 is 14.6 Å². The average molecular weight is 329 g/mol. The lowest BCUT2D eigenvalue weighted by molar-refractivity contribution is 0.0692. The molecule has 0 aliphatic heterocycles. The van der Waals surface area contributed by atoms with Crippen LogP contribution in [0.2, 0.25) is 0 Å². The molecule has 0 saturated carbocycles. The highest BCUT2D eigenvalue weighted by molar-refractivity contribution is 9.10. The highest BCUT2D eigenvalue weighted by atomic mass is 79.9. The number of aromatic carboxylic acids is 1. The first kappa shape index (κ1) is 12.8. The number of ether oxygens (including phenoxy) is 1. The number of halogens is 1. The highest BCUT2D eigenvalue weighted by Gasteiger charge is 2.14. The van der Waals surface area contributed by atoms with Crippen LogP contribution in [-0.4, -0.2) is 23.2 Å². The fourth-order valence-corrected chi connectivity index (χ4v) is 2.46. The van der Waals surface area contributed by atoms with Crippen molar-refractivity contribution in [1.29, 1.82) is 0 Å². The minimum atomic E-state index is -1.05. The minimum Gasteiger partial charge on any atom is -0.495 e. The van der Waals surface area contributed by atoms with E-state index in [0.717, 1.165) is 10.2 Å². The fraction of sp³-hybridized carbons (Fsp3) is 0.0909. The fourth-order valence-electron chi connectivity index (χ4n) is 1.36. The summed E-state index contributed by atoms with van der Waals surface area (Å²) in [4.78, 5) is 14.7. The van der Waals surface area contributed by atoms with E-state index in [4.69, 9.17) is 9.84 Å². The van der Waals surface area contributed by atoms with Crippen molar-refractivity contribution in [3.8, 4) is 5.75 Å². The van der Waals surface area contributed by atoms with Gasteiger partial charge in [0.25, 0.3) is 0 Å². The molecule has 0 aliphatic carbocycles. The van der Waals surface area contributed by atoms with Gasteiger partial charge in [0, 0.05) is 11.8 Å². The highest BCUT2D eigenvalue weighted by Crippen LogP contribution is 2.31. The summed E-state index contributed by atoms with van der Waals surface area (Å²) in [5.74, 6) is -0.385. The number of nitrogens with zero attached hydrogens (tertiary/aromatic N) is 1. The molecule has 0 spiro atoms. The van der Waals surface area contributed by atoms with Crippen LogP contribution in [0.15, 0.2) is 28.2 Å². The van der Waals surface area contributed by atoms with Gasteiger partial charge in [-0.1, -0.05) is 0 Å². The molecule has 0 amide bonds. The lowest BCUT2D eigenvalue weighted by atomic mass is 10.3. The lowest BCUT2D eigenvalue weighted by Crippen LogP contribution is -2.01. The van der Waals surface area contributed by atoms with Gasteiger partial charge in [-0.05, 0) is 28.1 Å². The number of hydrogen-bond acceptors (Lipinski definition) is 5. The lowest BCUT2D eigenvalue weighted by Gasteiger charge is -2.08. The molecular formula is C11H9BrN2O3S. The van der Waals surface area contributed by atoms with Crippen molar-refractivity contribution in [2.75, 3.05) is 12.4 Å². The van der Waals surface area contributed by atoms with Crippen LogP contribution in [0.5, 0.6) is 5.75 Å². The minimum absolute atomic E-state index is 0.0156. The van der Waals surface area contributed by atoms with Crippen LogP contribution in [-0.2, 0) is 0 Å². The second-order valence-electron chi connectivity index (χ2n) is 3.31. The van der Waals surface area contributed by atoms with E-state index in [2.05, 4.69) is 26.2 Å². The maximum Gasteiger partial charge on any atom is 0.357 e. The Labute approximate surface area is 116 Å². The summed E-state index contributed by atoms with van der Waals surface area (Å²) in [7, 11) is 1.57. The Bertz CT molecular complexity index is 585. The van der Waals surface area contributed by atoms with Gasteiger partial charge in [0.15, 0.2) is 5.69 Å². The third-order valence-corrected chi connectivity index (χ3v) is 3.58. The summed E-state index contributed by atoms with van der Waals surface area (Å²) in [5, 5.41) is 12.5. The molecule has 1 heterocycles. The summed E-state index contributed by atoms with van der Waals surface area (Å²) >= 11 is 4.58. The van der Waals surface area contributed by atoms with E-state index in [1.807, 2.05) is 12.1 Å². The topological polar surface area (TPSA) is 71.5 Å². The van der Waals surface area contributed by atoms with E-state index < -0.39 is 5.97 Å². The van der Waals surface area contributed by atoms with E-state index in [1.165, 1.54) is 16.8 Å². The first-order valence-corrected chi connectivity index (χ1v) is 6.56. The van der Waals surface area contributed by atoms with Crippen LogP contribution < -0.4 is 10.1 Å². The molecular weight excluding hydrogens is 320 g/mol. The van der Waals surface area contributed by atoms with Crippen molar-refractivity contribution in [3.05, 3.63) is 33.9 Å². The maximum absolute atomic E-state index is 10.9. The summed E-state index contributed by atoms with van der Waals surface area (Å²) in [6.45, 7) is 0. The van der Waals surface area contributed by atoms with Crippen LogP contribution in [0.25, 0.3) is 0 Å². The zero-order valence-corrected chi connectivity index (χ0v) is 11.7. The summed E-state index contributed by atoms with van der Waals surface area (Å²) in [6.07, 6.45) is 0.